The van der Waals surface area contributed by atoms with Crippen LogP contribution in [0.2, 0.25) is 0 Å². The number of sulfonamides is 1. The number of rotatable bonds is 8. The Labute approximate surface area is 129 Å². The molecule has 0 aliphatic rings. The van der Waals surface area contributed by atoms with Gasteiger partial charge in [0.05, 0.1) is 24.5 Å². The Morgan fingerprint density at radius 1 is 1.33 bits per heavy atom. The molecule has 0 saturated carbocycles. The van der Waals surface area contributed by atoms with Gasteiger partial charge in [0.15, 0.2) is 0 Å². The van der Waals surface area contributed by atoms with E-state index in [1.165, 1.54) is 19.2 Å². The van der Waals surface area contributed by atoms with Gasteiger partial charge in [0, 0.05) is 11.5 Å². The van der Waals surface area contributed by atoms with Crippen molar-refractivity contribution in [2.45, 2.75) is 11.8 Å². The third-order valence-electron chi connectivity index (χ3n) is 2.62. The van der Waals surface area contributed by atoms with Crippen LogP contribution >= 0.6 is 11.8 Å². The van der Waals surface area contributed by atoms with Crippen LogP contribution in [0.15, 0.2) is 29.2 Å². The summed E-state index contributed by atoms with van der Waals surface area (Å²) in [6.45, 7) is 2.28. The number of thioether (sulfide) groups is 1. The molecule has 0 fully saturated rings. The molecule has 0 aromatic heterocycles. The lowest BCUT2D eigenvalue weighted by Gasteiger charge is -2.09. The van der Waals surface area contributed by atoms with Crippen molar-refractivity contribution >= 4 is 27.8 Å². The number of esters is 1. The molecule has 6 nitrogen and oxygen atoms in total. The van der Waals surface area contributed by atoms with E-state index in [2.05, 4.69) is 4.74 Å². The van der Waals surface area contributed by atoms with Gasteiger partial charge in [-0.25, -0.2) is 13.6 Å². The van der Waals surface area contributed by atoms with Gasteiger partial charge in [-0.15, -0.1) is 0 Å². The summed E-state index contributed by atoms with van der Waals surface area (Å²) >= 11 is 1.59. The lowest BCUT2D eigenvalue weighted by molar-refractivity contribution is -0.143. The zero-order valence-corrected chi connectivity index (χ0v) is 13.6. The van der Waals surface area contributed by atoms with Crippen molar-refractivity contribution in [3.63, 3.8) is 0 Å². The molecule has 1 aromatic rings. The average molecular weight is 333 g/mol. The van der Waals surface area contributed by atoms with Crippen molar-refractivity contribution in [2.75, 3.05) is 25.2 Å². The van der Waals surface area contributed by atoms with Gasteiger partial charge in [-0.05, 0) is 24.3 Å². The van der Waals surface area contributed by atoms with E-state index >= 15 is 0 Å². The van der Waals surface area contributed by atoms with Gasteiger partial charge in [-0.1, -0.05) is 6.92 Å². The molecule has 1 unspecified atom stereocenters. The van der Waals surface area contributed by atoms with Gasteiger partial charge in [0.25, 0.3) is 0 Å². The normalized spacial score (nSPS) is 12.7. The molecular formula is C13H19NO5S2. The van der Waals surface area contributed by atoms with E-state index in [0.29, 0.717) is 18.1 Å². The van der Waals surface area contributed by atoms with Crippen LogP contribution in [0.5, 0.6) is 5.75 Å². The molecule has 118 valence electrons. The minimum Gasteiger partial charge on any atom is -0.493 e. The van der Waals surface area contributed by atoms with E-state index in [-0.39, 0.29) is 16.8 Å². The largest absolute Gasteiger partial charge is 0.493 e. The average Bonchev–Trinajstić information content (AvgIpc) is 2.45. The summed E-state index contributed by atoms with van der Waals surface area (Å²) in [5.41, 5.74) is 0. The molecule has 8 heteroatoms. The highest BCUT2D eigenvalue weighted by Gasteiger charge is 2.12. The van der Waals surface area contributed by atoms with Crippen molar-refractivity contribution in [2.24, 2.45) is 11.1 Å². The number of hydrogen-bond donors (Lipinski definition) is 1. The molecule has 2 N–H and O–H groups in total. The van der Waals surface area contributed by atoms with Gasteiger partial charge in [-0.3, -0.25) is 4.79 Å². The van der Waals surface area contributed by atoms with Gasteiger partial charge < -0.3 is 9.47 Å². The first-order valence-electron chi connectivity index (χ1n) is 6.26. The maximum absolute atomic E-state index is 11.2. The molecule has 0 bridgehead atoms. The smallest absolute Gasteiger partial charge is 0.309 e. The minimum atomic E-state index is -3.67. The highest BCUT2D eigenvalue weighted by molar-refractivity contribution is 7.99. The van der Waals surface area contributed by atoms with Gasteiger partial charge in [0.1, 0.15) is 5.75 Å². The van der Waals surface area contributed by atoms with E-state index in [9.17, 15) is 13.2 Å². The second-order valence-corrected chi connectivity index (χ2v) is 7.08. The van der Waals surface area contributed by atoms with Crippen LogP contribution in [-0.2, 0) is 19.6 Å². The number of primary sulfonamides is 1. The number of nitrogens with two attached hydrogens (primary N) is 1. The molecular weight excluding hydrogens is 314 g/mol. The molecule has 0 spiro atoms. The molecule has 21 heavy (non-hydrogen) atoms. The Morgan fingerprint density at radius 3 is 2.48 bits per heavy atom. The van der Waals surface area contributed by atoms with Gasteiger partial charge in [-0.2, -0.15) is 11.8 Å². The van der Waals surface area contributed by atoms with E-state index < -0.39 is 10.0 Å². The fraction of sp³-hybridized carbons (Fsp3) is 0.462. The van der Waals surface area contributed by atoms with Crippen LogP contribution in [0, 0.1) is 5.92 Å². The standard InChI is InChI=1S/C13H19NO5S2/c1-10(13(15)18-2)9-20-8-7-19-11-3-5-12(6-4-11)21(14,16)17/h3-6,10H,7-9H2,1-2H3,(H2,14,16,17). The Kier molecular flexibility index (Phi) is 7.00. The van der Waals surface area contributed by atoms with Gasteiger partial charge >= 0.3 is 5.97 Å². The number of carbonyl (C=O) groups is 1. The van der Waals surface area contributed by atoms with E-state index in [1.807, 2.05) is 6.92 Å². The zero-order chi connectivity index (χ0) is 15.9. The maximum atomic E-state index is 11.2. The number of benzene rings is 1. The van der Waals surface area contributed by atoms with Crippen LogP contribution in [0.1, 0.15) is 6.92 Å². The van der Waals surface area contributed by atoms with Gasteiger partial charge in [0.2, 0.25) is 10.0 Å². The van der Waals surface area contributed by atoms with Crippen LogP contribution in [0.3, 0.4) is 0 Å². The molecule has 1 atom stereocenters. The van der Waals surface area contributed by atoms with Crippen molar-refractivity contribution < 1.29 is 22.7 Å². The van der Waals surface area contributed by atoms with Crippen LogP contribution in [0.25, 0.3) is 0 Å². The van der Waals surface area contributed by atoms with Crippen molar-refractivity contribution in [3.05, 3.63) is 24.3 Å². The molecule has 0 amide bonds. The van der Waals surface area contributed by atoms with Crippen LogP contribution < -0.4 is 9.88 Å². The van der Waals surface area contributed by atoms with Crippen LogP contribution in [0.4, 0.5) is 0 Å². The molecule has 1 rings (SSSR count). The zero-order valence-electron chi connectivity index (χ0n) is 11.9. The summed E-state index contributed by atoms with van der Waals surface area (Å²) in [5, 5.41) is 5.00. The predicted octanol–water partition coefficient (Wildman–Crippen LogP) is 1.26. The lowest BCUT2D eigenvalue weighted by atomic mass is 10.2. The second kappa shape index (κ2) is 8.26. The SMILES string of the molecule is COC(=O)C(C)CSCCOc1ccc(S(N)(=O)=O)cc1. The quantitative estimate of drug-likeness (QED) is 0.568. The van der Waals surface area contributed by atoms with E-state index in [1.54, 1.807) is 23.9 Å². The van der Waals surface area contributed by atoms with Crippen LogP contribution in [-0.4, -0.2) is 39.6 Å². The van der Waals surface area contributed by atoms with E-state index in [0.717, 1.165) is 5.75 Å². The maximum Gasteiger partial charge on any atom is 0.309 e. The second-order valence-electron chi connectivity index (χ2n) is 4.36. The van der Waals surface area contributed by atoms with Crippen molar-refractivity contribution in [3.8, 4) is 5.75 Å². The first-order valence-corrected chi connectivity index (χ1v) is 8.96. The highest BCUT2D eigenvalue weighted by Crippen LogP contribution is 2.16. The molecule has 0 aliphatic carbocycles. The third kappa shape index (κ3) is 6.36. The van der Waals surface area contributed by atoms with Crippen molar-refractivity contribution in [1.29, 1.82) is 0 Å². The lowest BCUT2D eigenvalue weighted by Crippen LogP contribution is -2.15. The number of ether oxygens (including phenoxy) is 2. The number of carbonyl (C=O) groups excluding carboxylic acids is 1. The molecule has 1 aromatic carbocycles. The fourth-order valence-corrected chi connectivity index (χ4v) is 2.85. The first kappa shape index (κ1) is 17.8. The topological polar surface area (TPSA) is 95.7 Å². The number of hydrogen-bond acceptors (Lipinski definition) is 6. The predicted molar refractivity (Wildman–Crippen MR) is 81.8 cm³/mol. The summed E-state index contributed by atoms with van der Waals surface area (Å²) in [7, 11) is -2.30. The molecule has 0 heterocycles. The highest BCUT2D eigenvalue weighted by atomic mass is 32.2. The number of methoxy groups -OCH3 is 1. The van der Waals surface area contributed by atoms with Crippen molar-refractivity contribution in [1.82, 2.24) is 0 Å². The molecule has 0 aliphatic heterocycles. The Balaban J connectivity index is 2.29. The molecule has 0 radical (unpaired) electrons. The molecule has 0 saturated heterocycles. The Morgan fingerprint density at radius 2 is 1.95 bits per heavy atom. The summed E-state index contributed by atoms with van der Waals surface area (Å²) in [6, 6.07) is 5.91. The monoisotopic (exact) mass is 333 g/mol. The summed E-state index contributed by atoms with van der Waals surface area (Å²) in [4.78, 5) is 11.2. The third-order valence-corrected chi connectivity index (χ3v) is 4.74. The first-order chi connectivity index (χ1) is 9.84. The Bertz CT molecular complexity index is 556. The fourth-order valence-electron chi connectivity index (χ4n) is 1.47. The summed E-state index contributed by atoms with van der Waals surface area (Å²) in [5.74, 6) is 1.60. The summed E-state index contributed by atoms with van der Waals surface area (Å²) < 4.78 is 32.3. The van der Waals surface area contributed by atoms with E-state index in [4.69, 9.17) is 9.88 Å². The summed E-state index contributed by atoms with van der Waals surface area (Å²) in [6.07, 6.45) is 0. The minimum absolute atomic E-state index is 0.0520. The Hall–Kier alpha value is -1.25.